The first kappa shape index (κ1) is 20.3. The fourth-order valence-corrected chi connectivity index (χ4v) is 2.11. The Kier molecular flexibility index (Phi) is 9.35. The van der Waals surface area contributed by atoms with Gasteiger partial charge in [-0.1, -0.05) is 37.5 Å². The minimum absolute atomic E-state index is 0.00599. The highest BCUT2D eigenvalue weighted by Crippen LogP contribution is 2.15. The maximum absolute atomic E-state index is 4.78. The van der Waals surface area contributed by atoms with E-state index in [4.69, 9.17) is 4.99 Å². The maximum atomic E-state index is 4.78. The molecular formula is C20H32N2. The molecule has 0 rings (SSSR count). The van der Waals surface area contributed by atoms with E-state index in [0.717, 1.165) is 29.8 Å². The van der Waals surface area contributed by atoms with Crippen molar-refractivity contribution in [2.75, 3.05) is 0 Å². The Morgan fingerprint density at radius 3 is 2.27 bits per heavy atom. The van der Waals surface area contributed by atoms with Crippen molar-refractivity contribution in [3.8, 4) is 0 Å². The van der Waals surface area contributed by atoms with E-state index in [-0.39, 0.29) is 11.6 Å². The van der Waals surface area contributed by atoms with Crippen LogP contribution in [0.3, 0.4) is 0 Å². The molecule has 0 saturated carbocycles. The van der Waals surface area contributed by atoms with Gasteiger partial charge in [0, 0.05) is 5.54 Å². The molecule has 0 aromatic carbocycles. The Morgan fingerprint density at radius 1 is 1.23 bits per heavy atom. The highest BCUT2D eigenvalue weighted by atomic mass is 15.0. The van der Waals surface area contributed by atoms with Crippen molar-refractivity contribution in [3.63, 3.8) is 0 Å². The number of hydrogen-bond donors (Lipinski definition) is 1. The van der Waals surface area contributed by atoms with Crippen LogP contribution in [-0.4, -0.2) is 17.3 Å². The van der Waals surface area contributed by atoms with Crippen molar-refractivity contribution in [3.05, 3.63) is 61.4 Å². The predicted molar refractivity (Wildman–Crippen MR) is 101 cm³/mol. The first-order chi connectivity index (χ1) is 10.3. The van der Waals surface area contributed by atoms with E-state index in [9.17, 15) is 0 Å². The van der Waals surface area contributed by atoms with Crippen LogP contribution < -0.4 is 5.32 Å². The van der Waals surface area contributed by atoms with E-state index in [1.54, 1.807) is 0 Å². The van der Waals surface area contributed by atoms with Gasteiger partial charge in [0.2, 0.25) is 0 Å². The molecular weight excluding hydrogens is 268 g/mol. The first-order valence-electron chi connectivity index (χ1n) is 7.87. The van der Waals surface area contributed by atoms with E-state index >= 15 is 0 Å². The highest BCUT2D eigenvalue weighted by molar-refractivity contribution is 5.99. The lowest BCUT2D eigenvalue weighted by Gasteiger charge is -2.29. The molecule has 0 aliphatic carbocycles. The summed E-state index contributed by atoms with van der Waals surface area (Å²) in [5.41, 5.74) is 2.73. The number of hydrogen-bond acceptors (Lipinski definition) is 2. The van der Waals surface area contributed by atoms with Crippen LogP contribution >= 0.6 is 0 Å². The van der Waals surface area contributed by atoms with E-state index in [0.29, 0.717) is 0 Å². The van der Waals surface area contributed by atoms with Gasteiger partial charge < -0.3 is 5.32 Å². The standard InChI is InChI=1S/C20H32N2/c1-9-13-15-19(22-20(6,7)8)18(12-4)21-17(11-3)16(5)14-10-2/h9-12,14,19,22H,1,4-5,13,15H2,2-3,6-8H3/b14-10-,17-11-,21-18?. The fourth-order valence-electron chi connectivity index (χ4n) is 2.11. The van der Waals surface area contributed by atoms with Crippen molar-refractivity contribution in [2.45, 2.75) is 59.0 Å². The molecule has 0 amide bonds. The summed E-state index contributed by atoms with van der Waals surface area (Å²) in [7, 11) is 0. The van der Waals surface area contributed by atoms with E-state index in [2.05, 4.69) is 45.8 Å². The molecule has 2 nitrogen and oxygen atoms in total. The Balaban J connectivity index is 5.51. The van der Waals surface area contributed by atoms with Crippen LogP contribution in [-0.2, 0) is 0 Å². The summed E-state index contributed by atoms with van der Waals surface area (Å²) >= 11 is 0. The molecule has 0 aliphatic rings. The quantitative estimate of drug-likeness (QED) is 0.345. The molecule has 0 aromatic heterocycles. The molecule has 1 atom stereocenters. The van der Waals surface area contributed by atoms with Gasteiger partial charge in [-0.05, 0) is 59.1 Å². The van der Waals surface area contributed by atoms with Gasteiger partial charge in [-0.15, -0.1) is 6.58 Å². The zero-order valence-electron chi connectivity index (χ0n) is 14.9. The SMILES string of the molecule is C=CCCC(NC(C)(C)C)C(C=C)=N/C(=C\C)C(=C)/C=C\C. The highest BCUT2D eigenvalue weighted by Gasteiger charge is 2.20. The lowest BCUT2D eigenvalue weighted by Crippen LogP contribution is -2.47. The molecule has 0 fully saturated rings. The normalized spacial score (nSPS) is 15.0. The van der Waals surface area contributed by atoms with Gasteiger partial charge in [-0.3, -0.25) is 4.99 Å². The fraction of sp³-hybridized carbons (Fsp3) is 0.450. The topological polar surface area (TPSA) is 24.4 Å². The Bertz CT molecular complexity index is 470. The summed E-state index contributed by atoms with van der Waals surface area (Å²) < 4.78 is 0. The molecule has 0 heterocycles. The monoisotopic (exact) mass is 300 g/mol. The average Bonchev–Trinajstić information content (AvgIpc) is 2.44. The molecule has 122 valence electrons. The first-order valence-corrected chi connectivity index (χ1v) is 7.87. The van der Waals surface area contributed by atoms with Gasteiger partial charge in [0.1, 0.15) is 0 Å². The second-order valence-corrected chi connectivity index (χ2v) is 6.25. The van der Waals surface area contributed by atoms with Crippen LogP contribution in [0.2, 0.25) is 0 Å². The van der Waals surface area contributed by atoms with Crippen LogP contribution in [0.15, 0.2) is 66.4 Å². The van der Waals surface area contributed by atoms with Crippen LogP contribution in [0.25, 0.3) is 0 Å². The van der Waals surface area contributed by atoms with E-state index in [1.807, 2.05) is 44.2 Å². The zero-order valence-corrected chi connectivity index (χ0v) is 14.9. The number of aliphatic imine (C=N–C) groups is 1. The molecule has 2 heteroatoms. The molecule has 1 N–H and O–H groups in total. The van der Waals surface area contributed by atoms with Gasteiger partial charge >= 0.3 is 0 Å². The zero-order chi connectivity index (χ0) is 17.2. The predicted octanol–water partition coefficient (Wildman–Crippen LogP) is 5.37. The molecule has 0 saturated heterocycles. The van der Waals surface area contributed by atoms with Crippen molar-refractivity contribution in [1.29, 1.82) is 0 Å². The van der Waals surface area contributed by atoms with Gasteiger partial charge in [0.25, 0.3) is 0 Å². The van der Waals surface area contributed by atoms with Crippen LogP contribution in [0.4, 0.5) is 0 Å². The van der Waals surface area contributed by atoms with Gasteiger partial charge in [-0.2, -0.15) is 0 Å². The second-order valence-electron chi connectivity index (χ2n) is 6.25. The van der Waals surface area contributed by atoms with Crippen molar-refractivity contribution in [2.24, 2.45) is 4.99 Å². The van der Waals surface area contributed by atoms with Gasteiger partial charge in [0.05, 0.1) is 17.5 Å². The largest absolute Gasteiger partial charge is 0.304 e. The summed E-state index contributed by atoms with van der Waals surface area (Å²) in [5, 5.41) is 3.62. The smallest absolute Gasteiger partial charge is 0.0657 e. The molecule has 0 radical (unpaired) electrons. The van der Waals surface area contributed by atoms with E-state index < -0.39 is 0 Å². The molecule has 0 bridgehead atoms. The minimum atomic E-state index is 0.00599. The lowest BCUT2D eigenvalue weighted by atomic mass is 10.00. The molecule has 22 heavy (non-hydrogen) atoms. The van der Waals surface area contributed by atoms with Crippen molar-refractivity contribution >= 4 is 5.71 Å². The number of rotatable bonds is 9. The van der Waals surface area contributed by atoms with Crippen LogP contribution in [0.1, 0.15) is 47.5 Å². The summed E-state index contributed by atoms with van der Waals surface area (Å²) in [6.45, 7) is 22.2. The van der Waals surface area contributed by atoms with Gasteiger partial charge in [-0.25, -0.2) is 0 Å². The summed E-state index contributed by atoms with van der Waals surface area (Å²) in [4.78, 5) is 4.78. The summed E-state index contributed by atoms with van der Waals surface area (Å²) in [6, 6.07) is 0.142. The Labute approximate surface area is 137 Å². The Morgan fingerprint density at radius 2 is 1.86 bits per heavy atom. The van der Waals surface area contributed by atoms with Gasteiger partial charge in [0.15, 0.2) is 0 Å². The molecule has 1 unspecified atom stereocenters. The third-order valence-electron chi connectivity index (χ3n) is 3.05. The van der Waals surface area contributed by atoms with Crippen molar-refractivity contribution < 1.29 is 0 Å². The molecule has 0 spiro atoms. The van der Waals surface area contributed by atoms with Crippen LogP contribution in [0, 0.1) is 0 Å². The van der Waals surface area contributed by atoms with Crippen molar-refractivity contribution in [1.82, 2.24) is 5.32 Å². The van der Waals surface area contributed by atoms with E-state index in [1.165, 1.54) is 0 Å². The maximum Gasteiger partial charge on any atom is 0.0657 e. The Hall–Kier alpha value is -1.67. The summed E-state index contributed by atoms with van der Waals surface area (Å²) in [5.74, 6) is 0. The third kappa shape index (κ3) is 7.94. The van der Waals surface area contributed by atoms with Crippen LogP contribution in [0.5, 0.6) is 0 Å². The number of allylic oxidation sites excluding steroid dienone is 4. The second kappa shape index (κ2) is 10.1. The summed E-state index contributed by atoms with van der Waals surface area (Å²) in [6.07, 6.45) is 11.6. The number of nitrogens with zero attached hydrogens (tertiary/aromatic N) is 1. The average molecular weight is 300 g/mol. The molecule has 0 aliphatic heterocycles. The number of nitrogens with one attached hydrogen (secondary N) is 1. The minimum Gasteiger partial charge on any atom is -0.304 e. The lowest BCUT2D eigenvalue weighted by molar-refractivity contribution is 0.393. The third-order valence-corrected chi connectivity index (χ3v) is 3.05. The molecule has 0 aromatic rings.